The summed E-state index contributed by atoms with van der Waals surface area (Å²) in [6.07, 6.45) is 4.65. The third-order valence-corrected chi connectivity index (χ3v) is 2.76. The second-order valence-electron chi connectivity index (χ2n) is 4.10. The fraction of sp³-hybridized carbons (Fsp3) is 1.00. The molecule has 0 aromatic carbocycles. The second-order valence-corrected chi connectivity index (χ2v) is 4.10. The molecule has 0 amide bonds. The van der Waals surface area contributed by atoms with Crippen molar-refractivity contribution in [3.05, 3.63) is 0 Å². The van der Waals surface area contributed by atoms with Gasteiger partial charge in [0.1, 0.15) is 0 Å². The molecule has 0 aromatic heterocycles. The van der Waals surface area contributed by atoms with Gasteiger partial charge in [0.15, 0.2) is 0 Å². The largest absolute Gasteiger partial charge is 0.389 e. The van der Waals surface area contributed by atoms with Crippen molar-refractivity contribution >= 4 is 0 Å². The van der Waals surface area contributed by atoms with Crippen LogP contribution in [-0.4, -0.2) is 30.5 Å². The van der Waals surface area contributed by atoms with Crippen LogP contribution in [0.4, 0.5) is 0 Å². The summed E-state index contributed by atoms with van der Waals surface area (Å²) in [6.45, 7) is 2.98. The molecule has 0 saturated heterocycles. The van der Waals surface area contributed by atoms with E-state index in [1.165, 1.54) is 12.8 Å². The van der Waals surface area contributed by atoms with E-state index in [4.69, 9.17) is 10.5 Å². The normalized spacial score (nSPS) is 31.6. The van der Waals surface area contributed by atoms with Gasteiger partial charge in [-0.05, 0) is 31.6 Å². The summed E-state index contributed by atoms with van der Waals surface area (Å²) < 4.78 is 5.55. The van der Waals surface area contributed by atoms with Gasteiger partial charge >= 0.3 is 0 Å². The zero-order valence-electron chi connectivity index (χ0n) is 8.41. The van der Waals surface area contributed by atoms with Crippen LogP contribution in [-0.2, 0) is 4.74 Å². The number of aliphatic hydroxyl groups is 1. The van der Waals surface area contributed by atoms with E-state index in [0.29, 0.717) is 19.3 Å². The molecule has 0 radical (unpaired) electrons. The molecule has 0 heterocycles. The van der Waals surface area contributed by atoms with E-state index < -0.39 is 6.10 Å². The number of nitrogens with two attached hydrogens (primary N) is 1. The minimum absolute atomic E-state index is 0.295. The van der Waals surface area contributed by atoms with Crippen LogP contribution >= 0.6 is 0 Å². The highest BCUT2D eigenvalue weighted by molar-refractivity contribution is 4.70. The second kappa shape index (κ2) is 5.58. The summed E-state index contributed by atoms with van der Waals surface area (Å²) in [6, 6.07) is 0. The molecule has 1 aliphatic rings. The zero-order valence-corrected chi connectivity index (χ0v) is 8.41. The summed E-state index contributed by atoms with van der Waals surface area (Å²) >= 11 is 0. The van der Waals surface area contributed by atoms with Gasteiger partial charge in [-0.2, -0.15) is 0 Å². The molecule has 1 unspecified atom stereocenters. The number of aliphatic hydroxyl groups excluding tert-OH is 1. The van der Waals surface area contributed by atoms with Crippen molar-refractivity contribution in [3.8, 4) is 0 Å². The smallest absolute Gasteiger partial charge is 0.0895 e. The summed E-state index contributed by atoms with van der Waals surface area (Å²) in [5.74, 6) is 0.847. The van der Waals surface area contributed by atoms with Gasteiger partial charge in [-0.3, -0.25) is 0 Å². The highest BCUT2D eigenvalue weighted by Crippen LogP contribution is 2.25. The Hall–Kier alpha value is -0.120. The Morgan fingerprint density at radius 3 is 2.54 bits per heavy atom. The lowest BCUT2D eigenvalue weighted by Crippen LogP contribution is -2.29. The number of hydrogen-bond acceptors (Lipinski definition) is 3. The van der Waals surface area contributed by atoms with Gasteiger partial charge in [0.05, 0.1) is 18.8 Å². The minimum atomic E-state index is -0.487. The summed E-state index contributed by atoms with van der Waals surface area (Å²) in [5, 5.41) is 9.19. The minimum Gasteiger partial charge on any atom is -0.389 e. The molecule has 3 heteroatoms. The molecule has 0 spiro atoms. The molecule has 1 rings (SSSR count). The molecule has 0 bridgehead atoms. The molecule has 3 N–H and O–H groups in total. The Morgan fingerprint density at radius 2 is 2.00 bits per heavy atom. The molecule has 1 atom stereocenters. The lowest BCUT2D eigenvalue weighted by Gasteiger charge is -2.26. The Morgan fingerprint density at radius 1 is 1.38 bits per heavy atom. The predicted molar refractivity (Wildman–Crippen MR) is 52.4 cm³/mol. The molecule has 3 nitrogen and oxygen atoms in total. The number of hydrogen-bond donors (Lipinski definition) is 2. The molecule has 1 saturated carbocycles. The van der Waals surface area contributed by atoms with E-state index in [0.717, 1.165) is 18.8 Å². The van der Waals surface area contributed by atoms with E-state index in [1.54, 1.807) is 0 Å². The van der Waals surface area contributed by atoms with Gasteiger partial charge in [0.2, 0.25) is 0 Å². The van der Waals surface area contributed by atoms with Gasteiger partial charge in [0.25, 0.3) is 0 Å². The van der Waals surface area contributed by atoms with Gasteiger partial charge in [-0.15, -0.1) is 0 Å². The van der Waals surface area contributed by atoms with Crippen molar-refractivity contribution < 1.29 is 9.84 Å². The fourth-order valence-corrected chi connectivity index (χ4v) is 1.71. The Bertz CT molecular complexity index is 133. The van der Waals surface area contributed by atoms with Crippen LogP contribution in [0.3, 0.4) is 0 Å². The lowest BCUT2D eigenvalue weighted by atomic mass is 9.89. The van der Waals surface area contributed by atoms with Crippen molar-refractivity contribution in [1.29, 1.82) is 0 Å². The molecule has 78 valence electrons. The van der Waals surface area contributed by atoms with Gasteiger partial charge < -0.3 is 15.6 Å². The first-order valence-corrected chi connectivity index (χ1v) is 5.22. The van der Waals surface area contributed by atoms with Crippen LogP contribution in [0.25, 0.3) is 0 Å². The standard InChI is InChI=1S/C10H21NO2/c1-8-2-4-10(5-3-8)13-7-9(12)6-11/h8-10,12H,2-7,11H2,1H3. The molecular weight excluding hydrogens is 166 g/mol. The van der Waals surface area contributed by atoms with E-state index in [-0.39, 0.29) is 0 Å². The topological polar surface area (TPSA) is 55.5 Å². The van der Waals surface area contributed by atoms with E-state index >= 15 is 0 Å². The Kier molecular flexibility index (Phi) is 4.70. The zero-order chi connectivity index (χ0) is 9.68. The van der Waals surface area contributed by atoms with Gasteiger partial charge in [-0.25, -0.2) is 0 Å². The van der Waals surface area contributed by atoms with Crippen molar-refractivity contribution in [3.63, 3.8) is 0 Å². The van der Waals surface area contributed by atoms with Crippen molar-refractivity contribution in [2.45, 2.75) is 44.8 Å². The molecule has 13 heavy (non-hydrogen) atoms. The SMILES string of the molecule is CC1CCC(OCC(O)CN)CC1. The van der Waals surface area contributed by atoms with E-state index in [2.05, 4.69) is 6.92 Å². The highest BCUT2D eigenvalue weighted by atomic mass is 16.5. The average molecular weight is 187 g/mol. The fourth-order valence-electron chi connectivity index (χ4n) is 1.71. The van der Waals surface area contributed by atoms with E-state index in [9.17, 15) is 5.11 Å². The number of ether oxygens (including phenoxy) is 1. The Balaban J connectivity index is 2.08. The van der Waals surface area contributed by atoms with Gasteiger partial charge in [-0.1, -0.05) is 6.92 Å². The van der Waals surface area contributed by atoms with Crippen LogP contribution in [0.2, 0.25) is 0 Å². The summed E-state index contributed by atoms with van der Waals surface area (Å²) in [4.78, 5) is 0. The predicted octanol–water partition coefficient (Wildman–Crippen LogP) is 0.901. The molecule has 1 fully saturated rings. The van der Waals surface area contributed by atoms with Crippen LogP contribution < -0.4 is 5.73 Å². The average Bonchev–Trinajstić information content (AvgIpc) is 2.16. The Labute approximate surface area is 80.3 Å². The maximum Gasteiger partial charge on any atom is 0.0895 e. The quantitative estimate of drug-likeness (QED) is 0.687. The third-order valence-electron chi connectivity index (χ3n) is 2.76. The van der Waals surface area contributed by atoms with Crippen molar-refractivity contribution in [1.82, 2.24) is 0 Å². The maximum atomic E-state index is 9.19. The summed E-state index contributed by atoms with van der Waals surface area (Å²) in [5.41, 5.74) is 5.28. The maximum absolute atomic E-state index is 9.19. The van der Waals surface area contributed by atoms with Crippen molar-refractivity contribution in [2.24, 2.45) is 11.7 Å². The monoisotopic (exact) mass is 187 g/mol. The molecule has 1 aliphatic carbocycles. The summed E-state index contributed by atoms with van der Waals surface area (Å²) in [7, 11) is 0. The number of rotatable bonds is 4. The van der Waals surface area contributed by atoms with Crippen LogP contribution in [0.15, 0.2) is 0 Å². The molecule has 0 aliphatic heterocycles. The third kappa shape index (κ3) is 4.07. The lowest BCUT2D eigenvalue weighted by molar-refractivity contribution is -0.0256. The first-order valence-electron chi connectivity index (χ1n) is 5.22. The first kappa shape index (κ1) is 11.0. The van der Waals surface area contributed by atoms with Crippen LogP contribution in [0.5, 0.6) is 0 Å². The van der Waals surface area contributed by atoms with Gasteiger partial charge in [0, 0.05) is 6.54 Å². The van der Waals surface area contributed by atoms with Crippen LogP contribution in [0, 0.1) is 5.92 Å². The van der Waals surface area contributed by atoms with Crippen LogP contribution in [0.1, 0.15) is 32.6 Å². The van der Waals surface area contributed by atoms with Crippen molar-refractivity contribution in [2.75, 3.05) is 13.2 Å². The molecule has 0 aromatic rings. The molecular formula is C10H21NO2. The first-order chi connectivity index (χ1) is 6.22. The highest BCUT2D eigenvalue weighted by Gasteiger charge is 2.19. The van der Waals surface area contributed by atoms with E-state index in [1.807, 2.05) is 0 Å².